The fraction of sp³-hybridized carbons (Fsp3) is 0.588. The summed E-state index contributed by atoms with van der Waals surface area (Å²) in [4.78, 5) is 2.58. The lowest BCUT2D eigenvalue weighted by Crippen LogP contribution is -2.41. The van der Waals surface area contributed by atoms with E-state index in [1.54, 1.807) is 12.1 Å². The molecule has 20 heavy (non-hydrogen) atoms. The summed E-state index contributed by atoms with van der Waals surface area (Å²) in [6, 6.07) is 10.1. The molecule has 0 amide bonds. The molecule has 108 valence electrons. The first-order valence-electron chi connectivity index (χ1n) is 7.56. The zero-order chi connectivity index (χ0) is 14.4. The fourth-order valence-electron chi connectivity index (χ4n) is 2.77. The Labute approximate surface area is 122 Å². The Morgan fingerprint density at radius 1 is 1.25 bits per heavy atom. The minimum Gasteiger partial charge on any atom is -0.494 e. The van der Waals surface area contributed by atoms with Gasteiger partial charge in [0.1, 0.15) is 5.75 Å². The van der Waals surface area contributed by atoms with Crippen LogP contribution in [0.15, 0.2) is 24.3 Å². The van der Waals surface area contributed by atoms with E-state index in [-0.39, 0.29) is 0 Å². The highest BCUT2D eigenvalue weighted by Gasteiger charge is 2.21. The predicted octanol–water partition coefficient (Wildman–Crippen LogP) is 3.45. The van der Waals surface area contributed by atoms with Crippen LogP contribution < -0.4 is 4.74 Å². The number of nitrogens with zero attached hydrogens (tertiary/aromatic N) is 2. The topological polar surface area (TPSA) is 36.3 Å². The molecule has 0 radical (unpaired) electrons. The van der Waals surface area contributed by atoms with E-state index in [4.69, 9.17) is 10.00 Å². The van der Waals surface area contributed by atoms with Gasteiger partial charge in [0.15, 0.2) is 0 Å². The van der Waals surface area contributed by atoms with Crippen molar-refractivity contribution in [2.75, 3.05) is 19.7 Å². The van der Waals surface area contributed by atoms with Crippen molar-refractivity contribution >= 4 is 0 Å². The van der Waals surface area contributed by atoms with E-state index < -0.39 is 0 Å². The van der Waals surface area contributed by atoms with E-state index in [1.807, 2.05) is 12.1 Å². The molecule has 0 aromatic heterocycles. The average molecular weight is 272 g/mol. The van der Waals surface area contributed by atoms with Crippen LogP contribution in [-0.2, 0) is 0 Å². The third-order valence-corrected chi connectivity index (χ3v) is 4.09. The highest BCUT2D eigenvalue weighted by Crippen LogP contribution is 2.21. The quantitative estimate of drug-likeness (QED) is 0.770. The SMILES string of the molecule is CC1CCC(C)N(CCCOc2ccc(C#N)cc2)C1. The number of hydrogen-bond acceptors (Lipinski definition) is 3. The Morgan fingerprint density at radius 2 is 2.00 bits per heavy atom. The number of hydrogen-bond donors (Lipinski definition) is 0. The van der Waals surface area contributed by atoms with E-state index in [0.29, 0.717) is 11.6 Å². The number of likely N-dealkylation sites (tertiary alicyclic amines) is 1. The molecule has 1 fully saturated rings. The Kier molecular flexibility index (Phi) is 5.43. The predicted molar refractivity (Wildman–Crippen MR) is 80.7 cm³/mol. The molecule has 0 bridgehead atoms. The maximum absolute atomic E-state index is 8.74. The fourth-order valence-corrected chi connectivity index (χ4v) is 2.77. The molecule has 0 N–H and O–H groups in total. The number of ether oxygens (including phenoxy) is 1. The molecule has 2 atom stereocenters. The Hall–Kier alpha value is -1.53. The van der Waals surface area contributed by atoms with Crippen LogP contribution in [0.1, 0.15) is 38.7 Å². The molecule has 0 aliphatic carbocycles. The lowest BCUT2D eigenvalue weighted by atomic mass is 9.95. The van der Waals surface area contributed by atoms with Crippen LogP contribution in [0.4, 0.5) is 0 Å². The van der Waals surface area contributed by atoms with Crippen LogP contribution in [0.5, 0.6) is 5.75 Å². The van der Waals surface area contributed by atoms with Crippen LogP contribution in [-0.4, -0.2) is 30.6 Å². The third kappa shape index (κ3) is 4.25. The lowest BCUT2D eigenvalue weighted by molar-refractivity contribution is 0.116. The van der Waals surface area contributed by atoms with Crippen LogP contribution >= 0.6 is 0 Å². The molecule has 2 unspecified atom stereocenters. The Morgan fingerprint density at radius 3 is 2.70 bits per heavy atom. The van der Waals surface area contributed by atoms with Crippen molar-refractivity contribution in [3.8, 4) is 11.8 Å². The minimum absolute atomic E-state index is 0.675. The number of benzene rings is 1. The van der Waals surface area contributed by atoms with Gasteiger partial charge in [-0.2, -0.15) is 5.26 Å². The number of piperidine rings is 1. The van der Waals surface area contributed by atoms with E-state index >= 15 is 0 Å². The van der Waals surface area contributed by atoms with Gasteiger partial charge in [-0.15, -0.1) is 0 Å². The van der Waals surface area contributed by atoms with Crippen molar-refractivity contribution in [3.05, 3.63) is 29.8 Å². The Balaban J connectivity index is 1.69. The van der Waals surface area contributed by atoms with Gasteiger partial charge in [0.25, 0.3) is 0 Å². The second-order valence-corrected chi connectivity index (χ2v) is 5.86. The van der Waals surface area contributed by atoms with Crippen molar-refractivity contribution in [2.24, 2.45) is 5.92 Å². The van der Waals surface area contributed by atoms with Crippen LogP contribution in [0.3, 0.4) is 0 Å². The molecule has 1 aromatic rings. The molecule has 1 aliphatic heterocycles. The summed E-state index contributed by atoms with van der Waals surface area (Å²) in [5, 5.41) is 8.74. The molecule has 2 rings (SSSR count). The van der Waals surface area contributed by atoms with Gasteiger partial charge in [0.2, 0.25) is 0 Å². The first-order chi connectivity index (χ1) is 9.69. The lowest BCUT2D eigenvalue weighted by Gasteiger charge is -2.36. The van der Waals surface area contributed by atoms with Crippen molar-refractivity contribution in [1.29, 1.82) is 5.26 Å². The van der Waals surface area contributed by atoms with Crippen LogP contribution in [0.25, 0.3) is 0 Å². The third-order valence-electron chi connectivity index (χ3n) is 4.09. The molecular formula is C17H24N2O. The van der Waals surface area contributed by atoms with Crippen LogP contribution in [0, 0.1) is 17.2 Å². The van der Waals surface area contributed by atoms with E-state index in [2.05, 4.69) is 24.8 Å². The number of nitriles is 1. The zero-order valence-electron chi connectivity index (χ0n) is 12.5. The average Bonchev–Trinajstić information content (AvgIpc) is 2.47. The smallest absolute Gasteiger partial charge is 0.119 e. The zero-order valence-corrected chi connectivity index (χ0v) is 12.5. The van der Waals surface area contributed by atoms with Gasteiger partial charge in [0, 0.05) is 19.1 Å². The normalized spacial score (nSPS) is 23.2. The van der Waals surface area contributed by atoms with Gasteiger partial charge in [0.05, 0.1) is 18.2 Å². The molecule has 0 spiro atoms. The maximum atomic E-state index is 8.74. The second kappa shape index (κ2) is 7.31. The minimum atomic E-state index is 0.675. The van der Waals surface area contributed by atoms with Gasteiger partial charge in [-0.25, -0.2) is 0 Å². The highest BCUT2D eigenvalue weighted by molar-refractivity contribution is 5.34. The molecular weight excluding hydrogens is 248 g/mol. The van der Waals surface area contributed by atoms with Gasteiger partial charge in [-0.1, -0.05) is 6.92 Å². The van der Waals surface area contributed by atoms with Gasteiger partial charge >= 0.3 is 0 Å². The van der Waals surface area contributed by atoms with E-state index in [1.165, 1.54) is 19.4 Å². The summed E-state index contributed by atoms with van der Waals surface area (Å²) in [5.41, 5.74) is 0.675. The number of rotatable bonds is 5. The standard InChI is InChI=1S/C17H24N2O/c1-14-4-5-15(2)19(13-14)10-3-11-20-17-8-6-16(12-18)7-9-17/h6-9,14-15H,3-5,10-11,13H2,1-2H3. The van der Waals surface area contributed by atoms with Gasteiger partial charge in [-0.3, -0.25) is 0 Å². The highest BCUT2D eigenvalue weighted by atomic mass is 16.5. The monoisotopic (exact) mass is 272 g/mol. The first kappa shape index (κ1) is 14.9. The van der Waals surface area contributed by atoms with E-state index in [0.717, 1.165) is 31.2 Å². The first-order valence-corrected chi connectivity index (χ1v) is 7.56. The van der Waals surface area contributed by atoms with Gasteiger partial charge < -0.3 is 9.64 Å². The van der Waals surface area contributed by atoms with Crippen molar-refractivity contribution < 1.29 is 4.74 Å². The molecule has 1 aromatic carbocycles. The van der Waals surface area contributed by atoms with Crippen molar-refractivity contribution in [1.82, 2.24) is 4.90 Å². The Bertz CT molecular complexity index is 449. The molecule has 1 aliphatic rings. The summed E-state index contributed by atoms with van der Waals surface area (Å²) in [6.07, 6.45) is 3.73. The van der Waals surface area contributed by atoms with E-state index in [9.17, 15) is 0 Å². The molecule has 1 heterocycles. The molecule has 3 nitrogen and oxygen atoms in total. The summed E-state index contributed by atoms with van der Waals surface area (Å²) in [7, 11) is 0. The molecule has 3 heteroatoms. The maximum Gasteiger partial charge on any atom is 0.119 e. The van der Waals surface area contributed by atoms with Crippen molar-refractivity contribution in [2.45, 2.75) is 39.2 Å². The summed E-state index contributed by atoms with van der Waals surface area (Å²) >= 11 is 0. The van der Waals surface area contributed by atoms with Crippen LogP contribution in [0.2, 0.25) is 0 Å². The van der Waals surface area contributed by atoms with Gasteiger partial charge in [-0.05, 0) is 56.4 Å². The molecule has 1 saturated heterocycles. The summed E-state index contributed by atoms with van der Waals surface area (Å²) in [5.74, 6) is 1.68. The second-order valence-electron chi connectivity index (χ2n) is 5.86. The summed E-state index contributed by atoms with van der Waals surface area (Å²) < 4.78 is 5.72. The molecule has 0 saturated carbocycles. The summed E-state index contributed by atoms with van der Waals surface area (Å²) in [6.45, 7) is 7.74. The largest absolute Gasteiger partial charge is 0.494 e. The van der Waals surface area contributed by atoms with Crippen molar-refractivity contribution in [3.63, 3.8) is 0 Å².